The van der Waals surface area contributed by atoms with Gasteiger partial charge in [0.05, 0.1) is 7.11 Å². The third kappa shape index (κ3) is 1.68. The molecule has 0 bridgehead atoms. The standard InChI is InChI=1S/C11H8FO3S/c1-15-16(13,14)10-7-6-8-4-2-3-5-9(8)11(10)12/h2-7H,1H2. The molecule has 0 saturated carbocycles. The van der Waals surface area contributed by atoms with Gasteiger partial charge in [0.25, 0.3) is 10.1 Å². The number of rotatable bonds is 2. The van der Waals surface area contributed by atoms with E-state index in [-0.39, 0.29) is 5.39 Å². The Morgan fingerprint density at radius 1 is 1.12 bits per heavy atom. The maximum Gasteiger partial charge on any atom is 0.300 e. The lowest BCUT2D eigenvalue weighted by Gasteiger charge is -2.05. The van der Waals surface area contributed by atoms with Gasteiger partial charge in [-0.1, -0.05) is 30.3 Å². The first-order valence-electron chi connectivity index (χ1n) is 4.42. The Hall–Kier alpha value is -1.46. The molecule has 0 spiro atoms. The van der Waals surface area contributed by atoms with Gasteiger partial charge in [-0.05, 0) is 11.5 Å². The quantitative estimate of drug-likeness (QED) is 0.756. The number of hydrogen-bond donors (Lipinski definition) is 0. The molecule has 2 aromatic rings. The Kier molecular flexibility index (Phi) is 2.65. The van der Waals surface area contributed by atoms with Crippen molar-refractivity contribution in [1.29, 1.82) is 0 Å². The van der Waals surface area contributed by atoms with Crippen molar-refractivity contribution in [3.05, 3.63) is 49.3 Å². The second-order valence-electron chi connectivity index (χ2n) is 3.17. The molecule has 0 saturated heterocycles. The van der Waals surface area contributed by atoms with E-state index in [0.717, 1.165) is 6.07 Å². The molecule has 0 atom stereocenters. The number of fused-ring (bicyclic) bond motifs is 1. The minimum absolute atomic E-state index is 0.237. The monoisotopic (exact) mass is 239 g/mol. The van der Waals surface area contributed by atoms with Crippen molar-refractivity contribution < 1.29 is 17.0 Å². The zero-order valence-corrected chi connectivity index (χ0v) is 9.00. The number of benzene rings is 2. The first-order valence-corrected chi connectivity index (χ1v) is 5.83. The van der Waals surface area contributed by atoms with Crippen LogP contribution in [0.3, 0.4) is 0 Å². The highest BCUT2D eigenvalue weighted by Crippen LogP contribution is 2.24. The zero-order valence-electron chi connectivity index (χ0n) is 8.18. The van der Waals surface area contributed by atoms with Gasteiger partial charge in [0.2, 0.25) is 0 Å². The Bertz CT molecular complexity index is 635. The summed E-state index contributed by atoms with van der Waals surface area (Å²) in [5.74, 6) is -0.818. The summed E-state index contributed by atoms with van der Waals surface area (Å²) in [4.78, 5) is -0.499. The fourth-order valence-electron chi connectivity index (χ4n) is 1.47. The van der Waals surface area contributed by atoms with Gasteiger partial charge >= 0.3 is 0 Å². The van der Waals surface area contributed by atoms with E-state index in [9.17, 15) is 12.8 Å². The fourth-order valence-corrected chi connectivity index (χ4v) is 2.16. The molecule has 0 heterocycles. The van der Waals surface area contributed by atoms with Crippen LogP contribution in [-0.4, -0.2) is 8.42 Å². The predicted molar refractivity (Wildman–Crippen MR) is 57.5 cm³/mol. The van der Waals surface area contributed by atoms with E-state index < -0.39 is 20.8 Å². The van der Waals surface area contributed by atoms with Crippen LogP contribution in [0.2, 0.25) is 0 Å². The molecule has 0 aromatic heterocycles. The van der Waals surface area contributed by atoms with Crippen LogP contribution in [0.25, 0.3) is 10.8 Å². The van der Waals surface area contributed by atoms with Crippen molar-refractivity contribution in [1.82, 2.24) is 0 Å². The molecule has 0 fully saturated rings. The zero-order chi connectivity index (χ0) is 11.8. The first kappa shape index (κ1) is 11.0. The molecule has 2 aromatic carbocycles. The second kappa shape index (κ2) is 3.84. The highest BCUT2D eigenvalue weighted by molar-refractivity contribution is 7.86. The molecule has 2 rings (SSSR count). The topological polar surface area (TPSA) is 43.4 Å². The minimum atomic E-state index is -4.11. The molecule has 0 unspecified atom stereocenters. The molecule has 83 valence electrons. The summed E-state index contributed by atoms with van der Waals surface area (Å²) in [6.07, 6.45) is 0. The van der Waals surface area contributed by atoms with E-state index in [1.165, 1.54) is 12.1 Å². The fraction of sp³-hybridized carbons (Fsp3) is 0. The van der Waals surface area contributed by atoms with Crippen LogP contribution >= 0.6 is 0 Å². The average Bonchev–Trinajstić information content (AvgIpc) is 2.29. The van der Waals surface area contributed by atoms with Crippen LogP contribution in [-0.2, 0) is 14.3 Å². The molecule has 0 aliphatic heterocycles. The lowest BCUT2D eigenvalue weighted by molar-refractivity contribution is 0.432. The predicted octanol–water partition coefficient (Wildman–Crippen LogP) is 2.48. The van der Waals surface area contributed by atoms with Gasteiger partial charge in [0.1, 0.15) is 4.90 Å². The Morgan fingerprint density at radius 2 is 1.81 bits per heavy atom. The van der Waals surface area contributed by atoms with Crippen molar-refractivity contribution in [3.63, 3.8) is 0 Å². The Balaban J connectivity index is 2.80. The van der Waals surface area contributed by atoms with Gasteiger partial charge in [-0.3, -0.25) is 4.18 Å². The van der Waals surface area contributed by atoms with Crippen molar-refractivity contribution in [2.75, 3.05) is 0 Å². The normalized spacial score (nSPS) is 11.9. The molecule has 0 aliphatic rings. The largest absolute Gasteiger partial charge is 0.300 e. The Morgan fingerprint density at radius 3 is 2.50 bits per heavy atom. The molecule has 0 N–H and O–H groups in total. The van der Waals surface area contributed by atoms with Crippen LogP contribution < -0.4 is 0 Å². The van der Waals surface area contributed by atoms with Crippen molar-refractivity contribution in [2.45, 2.75) is 4.90 Å². The van der Waals surface area contributed by atoms with Crippen LogP contribution in [0.1, 0.15) is 0 Å². The molecule has 16 heavy (non-hydrogen) atoms. The SMILES string of the molecule is [CH2]OS(=O)(=O)c1ccc2ccccc2c1F. The molecule has 0 aliphatic carbocycles. The summed E-state index contributed by atoms with van der Waals surface area (Å²) in [5.41, 5.74) is 0. The lowest BCUT2D eigenvalue weighted by Crippen LogP contribution is -2.04. The van der Waals surface area contributed by atoms with Crippen molar-refractivity contribution in [2.24, 2.45) is 0 Å². The van der Waals surface area contributed by atoms with Gasteiger partial charge in [0, 0.05) is 5.39 Å². The highest BCUT2D eigenvalue weighted by atomic mass is 32.2. The van der Waals surface area contributed by atoms with E-state index in [1.807, 2.05) is 0 Å². The van der Waals surface area contributed by atoms with Crippen LogP contribution in [0.4, 0.5) is 4.39 Å². The van der Waals surface area contributed by atoms with Crippen LogP contribution in [0, 0.1) is 12.9 Å². The molecular weight excluding hydrogens is 231 g/mol. The van der Waals surface area contributed by atoms with Crippen molar-refractivity contribution in [3.8, 4) is 0 Å². The first-order chi connectivity index (χ1) is 7.56. The summed E-state index contributed by atoms with van der Waals surface area (Å²) in [7, 11) is -1.31. The summed E-state index contributed by atoms with van der Waals surface area (Å²) >= 11 is 0. The summed E-state index contributed by atoms with van der Waals surface area (Å²) in [6, 6.07) is 9.26. The maximum absolute atomic E-state index is 13.9. The molecular formula is C11H8FO3S. The van der Waals surface area contributed by atoms with E-state index >= 15 is 0 Å². The van der Waals surface area contributed by atoms with E-state index in [0.29, 0.717) is 5.39 Å². The molecule has 3 nitrogen and oxygen atoms in total. The van der Waals surface area contributed by atoms with Crippen LogP contribution in [0.5, 0.6) is 0 Å². The van der Waals surface area contributed by atoms with Gasteiger partial charge in [-0.25, -0.2) is 4.39 Å². The van der Waals surface area contributed by atoms with Gasteiger partial charge in [-0.15, -0.1) is 0 Å². The smallest absolute Gasteiger partial charge is 0.264 e. The van der Waals surface area contributed by atoms with E-state index in [4.69, 9.17) is 0 Å². The number of hydrogen-bond acceptors (Lipinski definition) is 3. The van der Waals surface area contributed by atoms with Crippen molar-refractivity contribution >= 4 is 20.9 Å². The molecule has 0 amide bonds. The lowest BCUT2D eigenvalue weighted by atomic mass is 10.1. The third-order valence-electron chi connectivity index (χ3n) is 2.25. The number of halogens is 1. The summed E-state index contributed by atoms with van der Waals surface area (Å²) in [5, 5.41) is 0.864. The summed E-state index contributed by atoms with van der Waals surface area (Å²) in [6.45, 7) is 0. The Labute approximate surface area is 92.6 Å². The van der Waals surface area contributed by atoms with E-state index in [1.54, 1.807) is 18.2 Å². The average molecular weight is 239 g/mol. The van der Waals surface area contributed by atoms with Gasteiger partial charge in [-0.2, -0.15) is 8.42 Å². The van der Waals surface area contributed by atoms with Gasteiger partial charge < -0.3 is 0 Å². The van der Waals surface area contributed by atoms with Crippen LogP contribution in [0.15, 0.2) is 41.3 Å². The molecule has 1 radical (unpaired) electrons. The summed E-state index contributed by atoms with van der Waals surface area (Å²) < 4.78 is 40.6. The van der Waals surface area contributed by atoms with E-state index in [2.05, 4.69) is 11.3 Å². The van der Waals surface area contributed by atoms with Gasteiger partial charge in [0.15, 0.2) is 5.82 Å². The maximum atomic E-state index is 13.9. The molecule has 5 heteroatoms. The second-order valence-corrected chi connectivity index (χ2v) is 4.75. The highest BCUT2D eigenvalue weighted by Gasteiger charge is 2.20. The third-order valence-corrected chi connectivity index (χ3v) is 3.42. The minimum Gasteiger partial charge on any atom is -0.264 e.